The molecule has 2 aromatic carbocycles. The largest absolute Gasteiger partial charge is 0.496 e. The first-order chi connectivity index (χ1) is 12.6. The Kier molecular flexibility index (Phi) is 5.37. The number of methoxy groups -OCH3 is 1. The van der Waals surface area contributed by atoms with Crippen molar-refractivity contribution in [3.05, 3.63) is 52.7 Å². The maximum Gasteiger partial charge on any atom is 0.326 e. The molecule has 0 fully saturated rings. The lowest BCUT2D eigenvalue weighted by molar-refractivity contribution is 0.415. The van der Waals surface area contributed by atoms with E-state index in [1.165, 1.54) is 12.1 Å². The topological polar surface area (TPSA) is 70.8 Å². The Morgan fingerprint density at radius 2 is 2.04 bits per heavy atom. The molecule has 5 nitrogen and oxygen atoms in total. The van der Waals surface area contributed by atoms with Gasteiger partial charge in [0.1, 0.15) is 11.6 Å². The summed E-state index contributed by atoms with van der Waals surface area (Å²) in [5, 5.41) is 8.57. The lowest BCUT2D eigenvalue weighted by Crippen LogP contribution is -2.16. The van der Waals surface area contributed by atoms with Gasteiger partial charge < -0.3 is 9.72 Å². The van der Waals surface area contributed by atoms with Gasteiger partial charge in [0.2, 0.25) is 0 Å². The smallest absolute Gasteiger partial charge is 0.326 e. The first-order valence-electron chi connectivity index (χ1n) is 8.57. The van der Waals surface area contributed by atoms with Crippen LogP contribution in [0.1, 0.15) is 25.7 Å². The molecule has 0 saturated carbocycles. The van der Waals surface area contributed by atoms with Crippen LogP contribution in [-0.4, -0.2) is 16.7 Å². The number of hydrogen-bond acceptors (Lipinski definition) is 3. The molecule has 1 N–H and O–H groups in total. The van der Waals surface area contributed by atoms with Gasteiger partial charge in [-0.25, -0.2) is 9.18 Å². The zero-order chi connectivity index (χ0) is 18.5. The maximum absolute atomic E-state index is 13.6. The van der Waals surface area contributed by atoms with Gasteiger partial charge in [-0.05, 0) is 48.7 Å². The zero-order valence-electron chi connectivity index (χ0n) is 14.6. The molecular formula is C20H20FN3O2. The van der Waals surface area contributed by atoms with E-state index in [0.717, 1.165) is 30.3 Å². The van der Waals surface area contributed by atoms with E-state index in [1.54, 1.807) is 17.7 Å². The summed E-state index contributed by atoms with van der Waals surface area (Å²) >= 11 is 0. The van der Waals surface area contributed by atoms with E-state index >= 15 is 0 Å². The molecule has 6 heteroatoms. The van der Waals surface area contributed by atoms with Crippen LogP contribution in [0.2, 0.25) is 0 Å². The van der Waals surface area contributed by atoms with E-state index < -0.39 is 0 Å². The Balaban J connectivity index is 1.90. The Morgan fingerprint density at radius 1 is 1.19 bits per heavy atom. The predicted octanol–water partition coefficient (Wildman–Crippen LogP) is 4.23. The summed E-state index contributed by atoms with van der Waals surface area (Å²) in [6, 6.07) is 12.0. The van der Waals surface area contributed by atoms with Crippen molar-refractivity contribution in [1.82, 2.24) is 9.55 Å². The van der Waals surface area contributed by atoms with Gasteiger partial charge in [-0.3, -0.25) is 4.57 Å². The fraction of sp³-hybridized carbons (Fsp3) is 0.300. The number of hydrogen-bond donors (Lipinski definition) is 1. The van der Waals surface area contributed by atoms with Crippen LogP contribution in [0.15, 0.2) is 41.2 Å². The van der Waals surface area contributed by atoms with E-state index in [9.17, 15) is 9.18 Å². The van der Waals surface area contributed by atoms with Crippen molar-refractivity contribution < 1.29 is 9.13 Å². The minimum atomic E-state index is -0.343. The number of nitriles is 1. The summed E-state index contributed by atoms with van der Waals surface area (Å²) in [4.78, 5) is 15.1. The minimum absolute atomic E-state index is 0.163. The highest BCUT2D eigenvalue weighted by atomic mass is 19.1. The van der Waals surface area contributed by atoms with Crippen LogP contribution in [0, 0.1) is 17.1 Å². The third-order valence-electron chi connectivity index (χ3n) is 4.42. The Hall–Kier alpha value is -3.07. The fourth-order valence-electron chi connectivity index (χ4n) is 3.11. The second-order valence-electron chi connectivity index (χ2n) is 6.13. The minimum Gasteiger partial charge on any atom is -0.496 e. The van der Waals surface area contributed by atoms with Gasteiger partial charge in [-0.1, -0.05) is 12.5 Å². The number of aromatic amines is 1. The molecule has 0 saturated heterocycles. The van der Waals surface area contributed by atoms with Crippen molar-refractivity contribution in [1.29, 1.82) is 5.26 Å². The predicted molar refractivity (Wildman–Crippen MR) is 98.6 cm³/mol. The number of nitrogens with zero attached hydrogens (tertiary/aromatic N) is 2. The monoisotopic (exact) mass is 353 g/mol. The molecule has 3 rings (SSSR count). The molecule has 3 aromatic rings. The molecule has 1 aromatic heterocycles. The number of benzene rings is 2. The van der Waals surface area contributed by atoms with Gasteiger partial charge in [-0.15, -0.1) is 0 Å². The normalized spacial score (nSPS) is 10.8. The van der Waals surface area contributed by atoms with Crippen LogP contribution in [0.3, 0.4) is 0 Å². The number of rotatable bonds is 7. The van der Waals surface area contributed by atoms with Crippen molar-refractivity contribution in [2.75, 3.05) is 7.11 Å². The summed E-state index contributed by atoms with van der Waals surface area (Å²) in [5.74, 6) is 0.231. The van der Waals surface area contributed by atoms with Crippen molar-refractivity contribution in [3.8, 4) is 22.9 Å². The lowest BCUT2D eigenvalue weighted by Gasteiger charge is -2.09. The average molecular weight is 353 g/mol. The maximum atomic E-state index is 13.6. The second-order valence-corrected chi connectivity index (χ2v) is 6.13. The van der Waals surface area contributed by atoms with Crippen LogP contribution in [0.4, 0.5) is 4.39 Å². The van der Waals surface area contributed by atoms with Crippen LogP contribution in [0.25, 0.3) is 22.2 Å². The van der Waals surface area contributed by atoms with Crippen molar-refractivity contribution >= 4 is 11.0 Å². The number of fused-ring (bicyclic) bond motifs is 1. The molecule has 0 aliphatic carbocycles. The van der Waals surface area contributed by atoms with E-state index in [2.05, 4.69) is 11.1 Å². The highest BCUT2D eigenvalue weighted by Crippen LogP contribution is 2.32. The Labute approximate surface area is 150 Å². The summed E-state index contributed by atoms with van der Waals surface area (Å²) in [6.07, 6.45) is 3.14. The molecule has 0 radical (unpaired) electrons. The number of imidazole rings is 1. The number of aromatic nitrogens is 2. The van der Waals surface area contributed by atoms with Gasteiger partial charge in [0.25, 0.3) is 0 Å². The Bertz CT molecular complexity index is 1010. The molecular weight excluding hydrogens is 333 g/mol. The molecule has 0 aliphatic rings. The number of unbranched alkanes of at least 4 members (excludes halogenated alkanes) is 3. The SMILES string of the molecule is COc1ccc(F)cc1-c1ccc2c(c1)[nH]c(=O)n2CCCCCC#N. The molecule has 1 heterocycles. The van der Waals surface area contributed by atoms with Crippen LogP contribution in [0.5, 0.6) is 5.75 Å². The molecule has 0 spiro atoms. The molecule has 0 aliphatic heterocycles. The average Bonchev–Trinajstić information content (AvgIpc) is 2.96. The van der Waals surface area contributed by atoms with Crippen molar-refractivity contribution in [3.63, 3.8) is 0 Å². The van der Waals surface area contributed by atoms with Crippen molar-refractivity contribution in [2.45, 2.75) is 32.2 Å². The fourth-order valence-corrected chi connectivity index (χ4v) is 3.11. The molecule has 0 bridgehead atoms. The van der Waals surface area contributed by atoms with Gasteiger partial charge in [-0.2, -0.15) is 5.26 Å². The van der Waals surface area contributed by atoms with Gasteiger partial charge >= 0.3 is 5.69 Å². The Morgan fingerprint density at radius 3 is 2.81 bits per heavy atom. The number of ether oxygens (including phenoxy) is 1. The molecule has 0 unspecified atom stereocenters. The molecule has 134 valence electrons. The van der Waals surface area contributed by atoms with E-state index in [4.69, 9.17) is 10.00 Å². The van der Waals surface area contributed by atoms with E-state index in [1.807, 2.05) is 18.2 Å². The second kappa shape index (κ2) is 7.87. The number of H-pyrrole nitrogens is 1. The van der Waals surface area contributed by atoms with E-state index in [0.29, 0.717) is 29.8 Å². The van der Waals surface area contributed by atoms with Crippen LogP contribution in [-0.2, 0) is 6.54 Å². The van der Waals surface area contributed by atoms with Gasteiger partial charge in [0, 0.05) is 18.5 Å². The van der Waals surface area contributed by atoms with Gasteiger partial charge in [0.15, 0.2) is 0 Å². The standard InChI is InChI=1S/C20H20FN3O2/c1-26-19-9-7-15(21)13-16(19)14-6-8-18-17(12-14)23-20(25)24(18)11-5-3-2-4-10-22/h6-9,12-13H,2-5,11H2,1H3,(H,23,25). The highest BCUT2D eigenvalue weighted by Gasteiger charge is 2.11. The first kappa shape index (κ1) is 17.7. The van der Waals surface area contributed by atoms with Gasteiger partial charge in [0.05, 0.1) is 24.2 Å². The number of halogens is 1. The quantitative estimate of drug-likeness (QED) is 0.646. The number of nitrogens with one attached hydrogen (secondary N) is 1. The lowest BCUT2D eigenvalue weighted by atomic mass is 10.0. The van der Waals surface area contributed by atoms with E-state index in [-0.39, 0.29) is 11.5 Å². The van der Waals surface area contributed by atoms with Crippen LogP contribution < -0.4 is 10.4 Å². The highest BCUT2D eigenvalue weighted by molar-refractivity contribution is 5.83. The first-order valence-corrected chi connectivity index (χ1v) is 8.57. The summed E-state index contributed by atoms with van der Waals surface area (Å²) < 4.78 is 20.7. The molecule has 0 amide bonds. The third kappa shape index (κ3) is 3.62. The molecule has 26 heavy (non-hydrogen) atoms. The summed E-state index contributed by atoms with van der Waals surface area (Å²) in [5.41, 5.74) is 2.77. The summed E-state index contributed by atoms with van der Waals surface area (Å²) in [7, 11) is 1.54. The number of aryl methyl sites for hydroxylation is 1. The van der Waals surface area contributed by atoms with Crippen molar-refractivity contribution in [2.24, 2.45) is 0 Å². The van der Waals surface area contributed by atoms with Crippen LogP contribution >= 0.6 is 0 Å². The summed E-state index contributed by atoms with van der Waals surface area (Å²) in [6.45, 7) is 0.604. The third-order valence-corrected chi connectivity index (χ3v) is 4.42. The zero-order valence-corrected chi connectivity index (χ0v) is 14.6. The molecule has 0 atom stereocenters.